The summed E-state index contributed by atoms with van der Waals surface area (Å²) in [5.41, 5.74) is 1.01. The van der Waals surface area contributed by atoms with Gasteiger partial charge in [-0.1, -0.05) is 0 Å². The molecule has 0 saturated carbocycles. The predicted octanol–water partition coefficient (Wildman–Crippen LogP) is 3.21. The Morgan fingerprint density at radius 1 is 1.05 bits per heavy atom. The molecule has 3 aromatic rings. The zero-order valence-electron chi connectivity index (χ0n) is 9.79. The fraction of sp³-hybridized carbons (Fsp3) is 0. The van der Waals surface area contributed by atoms with Gasteiger partial charge in [-0.25, -0.2) is 13.8 Å². The molecule has 2 aromatic heterocycles. The van der Waals surface area contributed by atoms with Gasteiger partial charge in [0.05, 0.1) is 6.20 Å². The van der Waals surface area contributed by atoms with Crippen molar-refractivity contribution < 1.29 is 8.78 Å². The topological polar surface area (TPSA) is 30.7 Å². The molecule has 94 valence electrons. The summed E-state index contributed by atoms with van der Waals surface area (Å²) >= 11 is 0. The third kappa shape index (κ3) is 2.22. The van der Waals surface area contributed by atoms with Crippen molar-refractivity contribution in [3.05, 3.63) is 66.9 Å². The molecule has 0 unspecified atom stereocenters. The molecule has 0 aliphatic rings. The van der Waals surface area contributed by atoms with E-state index in [2.05, 4.69) is 9.97 Å². The normalized spacial score (nSPS) is 10.6. The van der Waals surface area contributed by atoms with E-state index in [0.717, 1.165) is 6.07 Å². The van der Waals surface area contributed by atoms with E-state index in [1.54, 1.807) is 41.6 Å². The van der Waals surface area contributed by atoms with Crippen LogP contribution in [-0.2, 0) is 0 Å². The lowest BCUT2D eigenvalue weighted by molar-refractivity contribution is 0.585. The van der Waals surface area contributed by atoms with Crippen LogP contribution in [0.15, 0.2) is 55.2 Å². The zero-order valence-corrected chi connectivity index (χ0v) is 9.79. The average Bonchev–Trinajstić information content (AvgIpc) is 2.89. The molecule has 0 bridgehead atoms. The van der Waals surface area contributed by atoms with Crippen molar-refractivity contribution in [3.8, 4) is 16.9 Å². The Labute approximate surface area is 108 Å². The molecule has 3 rings (SSSR count). The minimum absolute atomic E-state index is 0.351. The van der Waals surface area contributed by atoms with Gasteiger partial charge in [0.25, 0.3) is 0 Å². The van der Waals surface area contributed by atoms with E-state index in [4.69, 9.17) is 0 Å². The molecule has 19 heavy (non-hydrogen) atoms. The lowest BCUT2D eigenvalue weighted by Crippen LogP contribution is -1.93. The first-order chi connectivity index (χ1) is 9.24. The summed E-state index contributed by atoms with van der Waals surface area (Å²) in [6.45, 7) is 0. The first kappa shape index (κ1) is 11.5. The highest BCUT2D eigenvalue weighted by atomic mass is 19.1. The summed E-state index contributed by atoms with van der Waals surface area (Å²) in [4.78, 5) is 8.10. The second-order valence-electron chi connectivity index (χ2n) is 4.00. The van der Waals surface area contributed by atoms with Crippen LogP contribution in [0, 0.1) is 11.6 Å². The fourth-order valence-electron chi connectivity index (χ4n) is 1.85. The van der Waals surface area contributed by atoms with Crippen LogP contribution >= 0.6 is 0 Å². The Morgan fingerprint density at radius 3 is 2.68 bits per heavy atom. The van der Waals surface area contributed by atoms with E-state index in [1.165, 1.54) is 12.1 Å². The van der Waals surface area contributed by atoms with Crippen molar-refractivity contribution in [1.82, 2.24) is 14.5 Å². The Kier molecular flexibility index (Phi) is 2.79. The zero-order chi connectivity index (χ0) is 13.2. The standard InChI is InChI=1S/C14H9F2N3/c15-11-1-2-12(13(16)7-11)10-3-6-19(9-10)14-8-17-4-5-18-14/h1-9H. The van der Waals surface area contributed by atoms with Gasteiger partial charge < -0.3 is 4.57 Å². The molecular formula is C14H9F2N3. The molecule has 2 heterocycles. The molecule has 0 radical (unpaired) electrons. The minimum atomic E-state index is -0.588. The van der Waals surface area contributed by atoms with Crippen molar-refractivity contribution in [2.45, 2.75) is 0 Å². The number of hydrogen-bond acceptors (Lipinski definition) is 2. The highest BCUT2D eigenvalue weighted by Gasteiger charge is 2.08. The van der Waals surface area contributed by atoms with E-state index < -0.39 is 11.6 Å². The maximum Gasteiger partial charge on any atom is 0.155 e. The molecule has 0 fully saturated rings. The highest BCUT2D eigenvalue weighted by molar-refractivity contribution is 5.64. The van der Waals surface area contributed by atoms with E-state index in [0.29, 0.717) is 16.9 Å². The van der Waals surface area contributed by atoms with Crippen LogP contribution in [0.4, 0.5) is 8.78 Å². The van der Waals surface area contributed by atoms with Crippen molar-refractivity contribution in [2.24, 2.45) is 0 Å². The Balaban J connectivity index is 2.02. The first-order valence-electron chi connectivity index (χ1n) is 5.64. The van der Waals surface area contributed by atoms with E-state index in [-0.39, 0.29) is 0 Å². The van der Waals surface area contributed by atoms with Crippen LogP contribution in [-0.4, -0.2) is 14.5 Å². The second-order valence-corrected chi connectivity index (χ2v) is 4.00. The summed E-state index contributed by atoms with van der Waals surface area (Å²) in [6.07, 6.45) is 8.23. The number of aromatic nitrogens is 3. The number of hydrogen-bond donors (Lipinski definition) is 0. The van der Waals surface area contributed by atoms with Gasteiger partial charge in [-0.3, -0.25) is 4.98 Å². The molecule has 1 aromatic carbocycles. The van der Waals surface area contributed by atoms with Gasteiger partial charge in [0.2, 0.25) is 0 Å². The van der Waals surface area contributed by atoms with Crippen molar-refractivity contribution >= 4 is 0 Å². The summed E-state index contributed by atoms with van der Waals surface area (Å²) < 4.78 is 28.3. The number of halogens is 2. The quantitative estimate of drug-likeness (QED) is 0.705. The maximum absolute atomic E-state index is 13.7. The highest BCUT2D eigenvalue weighted by Crippen LogP contribution is 2.24. The van der Waals surface area contributed by atoms with Crippen molar-refractivity contribution in [3.63, 3.8) is 0 Å². The van der Waals surface area contributed by atoms with E-state index in [1.807, 2.05) is 0 Å². The number of rotatable bonds is 2. The van der Waals surface area contributed by atoms with Crippen LogP contribution in [0.25, 0.3) is 16.9 Å². The van der Waals surface area contributed by atoms with E-state index >= 15 is 0 Å². The average molecular weight is 257 g/mol. The van der Waals surface area contributed by atoms with Crippen molar-refractivity contribution in [1.29, 1.82) is 0 Å². The Bertz CT molecular complexity index is 708. The van der Waals surface area contributed by atoms with Crippen LogP contribution in [0.3, 0.4) is 0 Å². The van der Waals surface area contributed by atoms with Crippen LogP contribution in [0.1, 0.15) is 0 Å². The molecule has 0 spiro atoms. The lowest BCUT2D eigenvalue weighted by Gasteiger charge is -2.01. The molecule has 0 amide bonds. The number of nitrogens with zero attached hydrogens (tertiary/aromatic N) is 3. The Hall–Kier alpha value is -2.56. The minimum Gasteiger partial charge on any atom is -0.307 e. The lowest BCUT2D eigenvalue weighted by atomic mass is 10.1. The molecule has 0 N–H and O–H groups in total. The third-order valence-electron chi connectivity index (χ3n) is 2.75. The van der Waals surface area contributed by atoms with Gasteiger partial charge in [0.15, 0.2) is 5.82 Å². The van der Waals surface area contributed by atoms with Gasteiger partial charge in [0.1, 0.15) is 11.6 Å². The monoisotopic (exact) mass is 257 g/mol. The van der Waals surface area contributed by atoms with Crippen molar-refractivity contribution in [2.75, 3.05) is 0 Å². The number of benzene rings is 1. The van der Waals surface area contributed by atoms with Crippen LogP contribution < -0.4 is 0 Å². The van der Waals surface area contributed by atoms with E-state index in [9.17, 15) is 8.78 Å². The smallest absolute Gasteiger partial charge is 0.155 e. The molecule has 0 aliphatic heterocycles. The van der Waals surface area contributed by atoms with Crippen LogP contribution in [0.5, 0.6) is 0 Å². The van der Waals surface area contributed by atoms with Gasteiger partial charge in [-0.15, -0.1) is 0 Å². The summed E-state index contributed by atoms with van der Waals surface area (Å²) in [6, 6.07) is 5.26. The molecule has 5 heteroatoms. The molecule has 0 atom stereocenters. The maximum atomic E-state index is 13.7. The van der Waals surface area contributed by atoms with Gasteiger partial charge in [-0.2, -0.15) is 0 Å². The predicted molar refractivity (Wildman–Crippen MR) is 66.7 cm³/mol. The van der Waals surface area contributed by atoms with Gasteiger partial charge in [0, 0.05) is 42.0 Å². The Morgan fingerprint density at radius 2 is 1.95 bits per heavy atom. The third-order valence-corrected chi connectivity index (χ3v) is 2.75. The largest absolute Gasteiger partial charge is 0.307 e. The summed E-state index contributed by atoms with van der Waals surface area (Å²) in [5.74, 6) is -0.539. The molecule has 0 aliphatic carbocycles. The second kappa shape index (κ2) is 4.61. The van der Waals surface area contributed by atoms with Gasteiger partial charge >= 0.3 is 0 Å². The van der Waals surface area contributed by atoms with Crippen LogP contribution in [0.2, 0.25) is 0 Å². The fourth-order valence-corrected chi connectivity index (χ4v) is 1.85. The van der Waals surface area contributed by atoms with Gasteiger partial charge in [-0.05, 0) is 18.2 Å². The molecule has 0 saturated heterocycles. The summed E-state index contributed by atoms with van der Waals surface area (Å²) in [5, 5.41) is 0. The molecular weight excluding hydrogens is 248 g/mol. The first-order valence-corrected chi connectivity index (χ1v) is 5.64. The summed E-state index contributed by atoms with van der Waals surface area (Å²) in [7, 11) is 0. The SMILES string of the molecule is Fc1ccc(-c2ccn(-c3cnccn3)c2)c(F)c1. The molecule has 3 nitrogen and oxygen atoms in total.